The molecular weight excluding hydrogens is 625 g/mol. The molecule has 0 unspecified atom stereocenters. The zero-order valence-electron chi connectivity index (χ0n) is 27.7. The first-order valence-electron chi connectivity index (χ1n) is 17.0. The van der Waals surface area contributed by atoms with Crippen molar-refractivity contribution < 1.29 is 0 Å². The van der Waals surface area contributed by atoms with E-state index in [1.165, 1.54) is 80.9 Å². The molecule has 0 saturated carbocycles. The van der Waals surface area contributed by atoms with E-state index >= 15 is 0 Å². The molecule has 0 radical (unpaired) electrons. The Labute approximate surface area is 295 Å². The molecule has 2 heterocycles. The molecule has 2 nitrogen and oxygen atoms in total. The SMILES string of the molecule is CN(c1ccccc1)c1ccc(-c2ccc(-n3c4ccccc4c4c5ccccc5ccc43)cc2)cc1.c1ccc2c(c1)sc1ccccc12. The Bertz CT molecular complexity index is 2710. The average molecular weight is 659 g/mol. The monoisotopic (exact) mass is 658 g/mol. The number of rotatable bonds is 4. The molecule has 8 aromatic carbocycles. The van der Waals surface area contributed by atoms with Crippen molar-refractivity contribution in [3.63, 3.8) is 0 Å². The van der Waals surface area contributed by atoms with Crippen molar-refractivity contribution in [1.29, 1.82) is 0 Å². The molecule has 0 bridgehead atoms. The van der Waals surface area contributed by atoms with E-state index in [-0.39, 0.29) is 0 Å². The largest absolute Gasteiger partial charge is 0.345 e. The normalized spacial score (nSPS) is 11.3. The molecule has 0 saturated heterocycles. The minimum Gasteiger partial charge on any atom is -0.345 e. The number of fused-ring (bicyclic) bond motifs is 8. The molecule has 3 heteroatoms. The number of thiophene rings is 1. The third kappa shape index (κ3) is 5.29. The van der Waals surface area contributed by atoms with Gasteiger partial charge >= 0.3 is 0 Å². The second kappa shape index (κ2) is 12.7. The van der Waals surface area contributed by atoms with Crippen LogP contribution in [-0.2, 0) is 0 Å². The molecule has 10 rings (SSSR count). The minimum atomic E-state index is 1.17. The Morgan fingerprint density at radius 1 is 0.400 bits per heavy atom. The van der Waals surface area contributed by atoms with Gasteiger partial charge in [-0.1, -0.05) is 127 Å². The first kappa shape index (κ1) is 29.9. The second-order valence-corrected chi connectivity index (χ2v) is 13.7. The van der Waals surface area contributed by atoms with E-state index in [9.17, 15) is 0 Å². The lowest BCUT2D eigenvalue weighted by atomic mass is 10.0. The number of benzene rings is 8. The van der Waals surface area contributed by atoms with Crippen LogP contribution in [0.5, 0.6) is 0 Å². The van der Waals surface area contributed by atoms with Gasteiger partial charge in [0.15, 0.2) is 0 Å². The van der Waals surface area contributed by atoms with Crippen LogP contribution in [0.15, 0.2) is 188 Å². The summed E-state index contributed by atoms with van der Waals surface area (Å²) in [5, 5.41) is 7.93. The highest BCUT2D eigenvalue weighted by Gasteiger charge is 2.14. The van der Waals surface area contributed by atoms with Gasteiger partial charge in [-0.25, -0.2) is 0 Å². The van der Waals surface area contributed by atoms with Crippen molar-refractivity contribution in [1.82, 2.24) is 4.57 Å². The molecule has 0 aliphatic rings. The topological polar surface area (TPSA) is 8.17 Å². The molecule has 0 atom stereocenters. The fraction of sp³-hybridized carbons (Fsp3) is 0.0213. The van der Waals surface area contributed by atoms with Crippen LogP contribution in [-0.4, -0.2) is 11.6 Å². The maximum absolute atomic E-state index is 2.39. The van der Waals surface area contributed by atoms with Gasteiger partial charge in [-0.15, -0.1) is 11.3 Å². The van der Waals surface area contributed by atoms with Crippen LogP contribution >= 0.6 is 11.3 Å². The van der Waals surface area contributed by atoms with Crippen molar-refractivity contribution >= 4 is 75.5 Å². The lowest BCUT2D eigenvalue weighted by molar-refractivity contribution is 1.18. The highest BCUT2D eigenvalue weighted by molar-refractivity contribution is 7.25. The summed E-state index contributed by atoms with van der Waals surface area (Å²) in [6.07, 6.45) is 0. The van der Waals surface area contributed by atoms with E-state index in [0.29, 0.717) is 0 Å². The fourth-order valence-electron chi connectivity index (χ4n) is 7.17. The van der Waals surface area contributed by atoms with Gasteiger partial charge in [0.05, 0.1) is 11.0 Å². The molecule has 0 amide bonds. The third-order valence-electron chi connectivity index (χ3n) is 9.70. The maximum atomic E-state index is 2.39. The Morgan fingerprint density at radius 2 is 0.920 bits per heavy atom. The van der Waals surface area contributed by atoms with E-state index in [0.717, 1.165) is 0 Å². The van der Waals surface area contributed by atoms with Gasteiger partial charge in [0, 0.05) is 55.1 Å². The predicted molar refractivity (Wildman–Crippen MR) is 218 cm³/mol. The van der Waals surface area contributed by atoms with E-state index in [4.69, 9.17) is 0 Å². The molecule has 10 aromatic rings. The Morgan fingerprint density at radius 3 is 1.60 bits per heavy atom. The van der Waals surface area contributed by atoms with Gasteiger partial charge in [-0.2, -0.15) is 0 Å². The summed E-state index contributed by atoms with van der Waals surface area (Å²) in [6.45, 7) is 0. The van der Waals surface area contributed by atoms with Crippen molar-refractivity contribution in [2.24, 2.45) is 0 Å². The Balaban J connectivity index is 0.000000215. The molecule has 0 aliphatic carbocycles. The van der Waals surface area contributed by atoms with Gasteiger partial charge in [-0.05, 0) is 82.6 Å². The zero-order valence-corrected chi connectivity index (χ0v) is 28.5. The summed E-state index contributed by atoms with van der Waals surface area (Å²) in [5.74, 6) is 0. The summed E-state index contributed by atoms with van der Waals surface area (Å²) >= 11 is 1.86. The number of hydrogen-bond donors (Lipinski definition) is 0. The Kier molecular flexibility index (Phi) is 7.61. The van der Waals surface area contributed by atoms with Crippen LogP contribution in [0.4, 0.5) is 11.4 Å². The summed E-state index contributed by atoms with van der Waals surface area (Å²) in [4.78, 5) is 2.21. The van der Waals surface area contributed by atoms with Gasteiger partial charge in [0.1, 0.15) is 0 Å². The molecule has 0 aliphatic heterocycles. The second-order valence-electron chi connectivity index (χ2n) is 12.6. The number of nitrogens with zero attached hydrogens (tertiary/aromatic N) is 2. The number of para-hydroxylation sites is 2. The Hall–Kier alpha value is -6.16. The van der Waals surface area contributed by atoms with Crippen molar-refractivity contribution in [2.75, 3.05) is 11.9 Å². The van der Waals surface area contributed by atoms with Crippen LogP contribution in [0, 0.1) is 0 Å². The van der Waals surface area contributed by atoms with Crippen LogP contribution in [0.2, 0.25) is 0 Å². The molecular formula is C47H34N2S. The van der Waals surface area contributed by atoms with Crippen LogP contribution in [0.1, 0.15) is 0 Å². The van der Waals surface area contributed by atoms with Crippen molar-refractivity contribution in [3.05, 3.63) is 188 Å². The third-order valence-corrected chi connectivity index (χ3v) is 10.9. The molecule has 0 spiro atoms. The average Bonchev–Trinajstić information content (AvgIpc) is 3.75. The van der Waals surface area contributed by atoms with Gasteiger partial charge in [-0.3, -0.25) is 0 Å². The van der Waals surface area contributed by atoms with E-state index in [1.807, 2.05) is 17.4 Å². The molecule has 50 heavy (non-hydrogen) atoms. The number of aromatic nitrogens is 1. The first-order valence-corrected chi connectivity index (χ1v) is 17.8. The van der Waals surface area contributed by atoms with Gasteiger partial charge in [0.25, 0.3) is 0 Å². The van der Waals surface area contributed by atoms with Crippen molar-refractivity contribution in [2.45, 2.75) is 0 Å². The van der Waals surface area contributed by atoms with E-state index in [1.54, 1.807) is 0 Å². The first-order chi connectivity index (χ1) is 24.7. The van der Waals surface area contributed by atoms with Crippen LogP contribution in [0.3, 0.4) is 0 Å². The highest BCUT2D eigenvalue weighted by Crippen LogP contribution is 2.37. The quantitative estimate of drug-likeness (QED) is 0.183. The number of hydrogen-bond acceptors (Lipinski definition) is 2. The van der Waals surface area contributed by atoms with E-state index < -0.39 is 0 Å². The fourth-order valence-corrected chi connectivity index (χ4v) is 8.28. The van der Waals surface area contributed by atoms with E-state index in [2.05, 4.69) is 199 Å². The van der Waals surface area contributed by atoms with Gasteiger partial charge < -0.3 is 9.47 Å². The van der Waals surface area contributed by atoms with Crippen LogP contribution in [0.25, 0.3) is 69.6 Å². The summed E-state index contributed by atoms with van der Waals surface area (Å²) in [7, 11) is 2.11. The summed E-state index contributed by atoms with van der Waals surface area (Å²) < 4.78 is 5.14. The zero-order chi connectivity index (χ0) is 33.4. The number of anilines is 2. The standard InChI is InChI=1S/C35H26N2.C12H8S/c1-36(28-10-3-2-4-11-28)29-20-15-25(16-21-29)26-17-22-30(23-18-26)37-33-14-8-7-13-32(33)35-31-12-6-5-9-27(31)19-24-34(35)37;1-3-7-11-9(5-1)10-6-2-4-8-12(10)13-11/h2-24H,1H3;1-8H. The van der Waals surface area contributed by atoms with Crippen molar-refractivity contribution in [3.8, 4) is 16.8 Å². The maximum Gasteiger partial charge on any atom is 0.0547 e. The predicted octanol–water partition coefficient (Wildman–Crippen LogP) is 13.4. The van der Waals surface area contributed by atoms with Gasteiger partial charge in [0.2, 0.25) is 0 Å². The molecule has 0 N–H and O–H groups in total. The lowest BCUT2D eigenvalue weighted by Crippen LogP contribution is -2.08. The summed E-state index contributed by atoms with van der Waals surface area (Å²) in [5.41, 5.74) is 8.41. The van der Waals surface area contributed by atoms with Crippen LogP contribution < -0.4 is 4.90 Å². The smallest absolute Gasteiger partial charge is 0.0547 e. The summed E-state index contributed by atoms with van der Waals surface area (Å²) in [6, 6.07) is 67.2. The lowest BCUT2D eigenvalue weighted by Gasteiger charge is -2.19. The molecule has 2 aromatic heterocycles. The highest BCUT2D eigenvalue weighted by atomic mass is 32.1. The molecule has 0 fully saturated rings. The molecule has 238 valence electrons. The minimum absolute atomic E-state index is 1.17.